The van der Waals surface area contributed by atoms with E-state index >= 15 is 0 Å². The Hall–Kier alpha value is -4.72. The third-order valence-corrected chi connectivity index (χ3v) is 7.22. The van der Waals surface area contributed by atoms with Crippen molar-refractivity contribution >= 4 is 23.5 Å². The SMILES string of the molecule is CC(=O)c1c(C)[nH]c(C(=O)OCc2ccccc2)c1CCCCc1c(C(=O)OCc2ccccc2)[nH]c(C)c1C(C)=O. The summed E-state index contributed by atoms with van der Waals surface area (Å²) in [6, 6.07) is 18.8. The summed E-state index contributed by atoms with van der Waals surface area (Å²) in [7, 11) is 0. The minimum atomic E-state index is -0.520. The van der Waals surface area contributed by atoms with Crippen LogP contribution in [0.4, 0.5) is 0 Å². The number of hydrogen-bond acceptors (Lipinski definition) is 6. The van der Waals surface area contributed by atoms with Crippen molar-refractivity contribution in [1.29, 1.82) is 0 Å². The summed E-state index contributed by atoms with van der Waals surface area (Å²) < 4.78 is 11.1. The Bertz CT molecular complexity index is 1460. The monoisotopic (exact) mass is 568 g/mol. The van der Waals surface area contributed by atoms with Crippen molar-refractivity contribution < 1.29 is 28.7 Å². The zero-order chi connectivity index (χ0) is 30.2. The molecule has 0 amide bonds. The maximum atomic E-state index is 13.0. The van der Waals surface area contributed by atoms with Gasteiger partial charge in [0.2, 0.25) is 0 Å². The van der Waals surface area contributed by atoms with Gasteiger partial charge in [0.05, 0.1) is 0 Å². The molecule has 0 saturated heterocycles. The van der Waals surface area contributed by atoms with Crippen LogP contribution in [0.3, 0.4) is 0 Å². The summed E-state index contributed by atoms with van der Waals surface area (Å²) in [6.07, 6.45) is 2.11. The van der Waals surface area contributed by atoms with Gasteiger partial charge in [0.1, 0.15) is 24.6 Å². The van der Waals surface area contributed by atoms with Crippen LogP contribution in [-0.2, 0) is 35.5 Å². The summed E-state index contributed by atoms with van der Waals surface area (Å²) in [4.78, 5) is 57.2. The van der Waals surface area contributed by atoms with E-state index in [2.05, 4.69) is 9.97 Å². The molecule has 0 aliphatic heterocycles. The summed E-state index contributed by atoms with van der Waals surface area (Å²) in [5.74, 6) is -1.31. The molecule has 0 bridgehead atoms. The molecule has 2 aromatic carbocycles. The smallest absolute Gasteiger partial charge is 0.355 e. The quantitative estimate of drug-likeness (QED) is 0.106. The lowest BCUT2D eigenvalue weighted by Crippen LogP contribution is -2.11. The number of H-pyrrole nitrogens is 2. The van der Waals surface area contributed by atoms with E-state index in [4.69, 9.17) is 9.47 Å². The van der Waals surface area contributed by atoms with Gasteiger partial charge in [0.25, 0.3) is 0 Å². The summed E-state index contributed by atoms with van der Waals surface area (Å²) >= 11 is 0. The number of ether oxygens (including phenoxy) is 2. The van der Waals surface area contributed by atoms with E-state index in [0.29, 0.717) is 59.3 Å². The fraction of sp³-hybridized carbons (Fsp3) is 0.294. The number of unbranched alkanes of at least 4 members (excludes halogenated alkanes) is 1. The van der Waals surface area contributed by atoms with Crippen LogP contribution in [0.15, 0.2) is 60.7 Å². The molecule has 0 aliphatic carbocycles. The largest absolute Gasteiger partial charge is 0.456 e. The van der Waals surface area contributed by atoms with Gasteiger partial charge in [0, 0.05) is 22.5 Å². The van der Waals surface area contributed by atoms with Gasteiger partial charge in [-0.05, 0) is 75.6 Å². The Kier molecular flexibility index (Phi) is 9.91. The van der Waals surface area contributed by atoms with Crippen LogP contribution in [0.2, 0.25) is 0 Å². The molecule has 2 aromatic heterocycles. The van der Waals surface area contributed by atoms with Gasteiger partial charge in [-0.2, -0.15) is 0 Å². The first-order valence-corrected chi connectivity index (χ1v) is 14.0. The van der Waals surface area contributed by atoms with Crippen LogP contribution in [-0.4, -0.2) is 33.5 Å². The van der Waals surface area contributed by atoms with Crippen molar-refractivity contribution in [3.05, 3.63) is 117 Å². The minimum Gasteiger partial charge on any atom is -0.456 e. The number of benzene rings is 2. The Morgan fingerprint density at radius 1 is 0.595 bits per heavy atom. The zero-order valence-corrected chi connectivity index (χ0v) is 24.5. The highest BCUT2D eigenvalue weighted by atomic mass is 16.5. The highest BCUT2D eigenvalue weighted by Gasteiger charge is 2.26. The summed E-state index contributed by atoms with van der Waals surface area (Å²) in [5, 5.41) is 0. The number of rotatable bonds is 13. The van der Waals surface area contributed by atoms with Crippen molar-refractivity contribution in [2.75, 3.05) is 0 Å². The number of aromatic nitrogens is 2. The Morgan fingerprint density at radius 2 is 0.952 bits per heavy atom. The number of esters is 2. The number of aromatic amines is 2. The number of carbonyl (C=O) groups excluding carboxylic acids is 4. The average Bonchev–Trinajstić information content (AvgIpc) is 3.49. The number of hydrogen-bond donors (Lipinski definition) is 2. The molecule has 2 N–H and O–H groups in total. The maximum Gasteiger partial charge on any atom is 0.355 e. The van der Waals surface area contributed by atoms with Gasteiger partial charge in [-0.25, -0.2) is 9.59 Å². The van der Waals surface area contributed by atoms with E-state index < -0.39 is 11.9 Å². The van der Waals surface area contributed by atoms with Gasteiger partial charge in [-0.1, -0.05) is 60.7 Å². The van der Waals surface area contributed by atoms with E-state index in [-0.39, 0.29) is 36.2 Å². The highest BCUT2D eigenvalue weighted by molar-refractivity contribution is 6.02. The molecular formula is C34H36N2O6. The zero-order valence-electron chi connectivity index (χ0n) is 24.5. The van der Waals surface area contributed by atoms with Crippen molar-refractivity contribution in [3.8, 4) is 0 Å². The van der Waals surface area contributed by atoms with E-state index in [1.807, 2.05) is 60.7 Å². The molecule has 0 saturated carbocycles. The van der Waals surface area contributed by atoms with Crippen LogP contribution in [0.1, 0.15) is 102 Å². The van der Waals surface area contributed by atoms with E-state index in [0.717, 1.165) is 11.1 Å². The number of nitrogens with one attached hydrogen (secondary N) is 2. The second-order valence-electron chi connectivity index (χ2n) is 10.4. The first-order chi connectivity index (χ1) is 20.2. The van der Waals surface area contributed by atoms with Gasteiger partial charge in [-0.15, -0.1) is 0 Å². The minimum absolute atomic E-state index is 0.121. The fourth-order valence-electron chi connectivity index (χ4n) is 5.35. The molecule has 2 heterocycles. The average molecular weight is 569 g/mol. The van der Waals surface area contributed by atoms with E-state index in [1.54, 1.807) is 13.8 Å². The van der Waals surface area contributed by atoms with Gasteiger partial charge in [-0.3, -0.25) is 9.59 Å². The van der Waals surface area contributed by atoms with Crippen LogP contribution in [0.25, 0.3) is 0 Å². The molecule has 8 nitrogen and oxygen atoms in total. The molecule has 42 heavy (non-hydrogen) atoms. The molecule has 218 valence electrons. The summed E-state index contributed by atoms with van der Waals surface area (Å²) in [5.41, 5.74) is 5.76. The van der Waals surface area contributed by atoms with Gasteiger partial charge >= 0.3 is 11.9 Å². The van der Waals surface area contributed by atoms with Crippen LogP contribution >= 0.6 is 0 Å². The van der Waals surface area contributed by atoms with Gasteiger partial charge in [0.15, 0.2) is 11.6 Å². The molecule has 0 spiro atoms. The molecular weight excluding hydrogens is 532 g/mol. The van der Waals surface area contributed by atoms with Gasteiger partial charge < -0.3 is 19.4 Å². The Labute approximate surface area is 245 Å². The molecule has 0 aliphatic rings. The molecule has 0 unspecified atom stereocenters. The van der Waals surface area contributed by atoms with Crippen molar-refractivity contribution in [1.82, 2.24) is 9.97 Å². The first kappa shape index (κ1) is 30.2. The summed E-state index contributed by atoms with van der Waals surface area (Å²) in [6.45, 7) is 6.74. The Morgan fingerprint density at radius 3 is 1.29 bits per heavy atom. The number of ketones is 2. The Balaban J connectivity index is 1.47. The third kappa shape index (κ3) is 7.13. The lowest BCUT2D eigenvalue weighted by molar-refractivity contribution is 0.0456. The molecule has 0 atom stereocenters. The van der Waals surface area contributed by atoms with Crippen molar-refractivity contribution in [2.24, 2.45) is 0 Å². The van der Waals surface area contributed by atoms with Crippen LogP contribution in [0, 0.1) is 13.8 Å². The third-order valence-electron chi connectivity index (χ3n) is 7.22. The fourth-order valence-corrected chi connectivity index (χ4v) is 5.35. The number of carbonyl (C=O) groups is 4. The van der Waals surface area contributed by atoms with Crippen LogP contribution < -0.4 is 0 Å². The van der Waals surface area contributed by atoms with Crippen molar-refractivity contribution in [2.45, 2.75) is 66.6 Å². The predicted octanol–water partition coefficient (Wildman–Crippen LogP) is 6.64. The highest BCUT2D eigenvalue weighted by Crippen LogP contribution is 2.26. The number of aryl methyl sites for hydroxylation is 2. The van der Waals surface area contributed by atoms with E-state index in [9.17, 15) is 19.2 Å². The standard InChI is InChI=1S/C34H36N2O6/c1-21-29(23(3)37)27(31(35-21)33(39)41-19-25-13-7-5-8-14-25)17-11-12-18-28-30(24(4)38)22(2)36-32(28)34(40)42-20-26-15-9-6-10-16-26/h5-10,13-16,35-36H,11-12,17-20H2,1-4H3. The van der Waals surface area contributed by atoms with Crippen LogP contribution in [0.5, 0.6) is 0 Å². The topological polar surface area (TPSA) is 118 Å². The van der Waals surface area contributed by atoms with Crippen molar-refractivity contribution in [3.63, 3.8) is 0 Å². The molecule has 4 aromatic rings. The second-order valence-corrected chi connectivity index (χ2v) is 10.4. The van der Waals surface area contributed by atoms with E-state index in [1.165, 1.54) is 13.8 Å². The molecule has 8 heteroatoms. The second kappa shape index (κ2) is 13.8. The maximum absolute atomic E-state index is 13.0. The first-order valence-electron chi connectivity index (χ1n) is 14.0. The molecule has 0 fully saturated rings. The molecule has 0 radical (unpaired) electrons. The lowest BCUT2D eigenvalue weighted by Gasteiger charge is -2.09. The normalized spacial score (nSPS) is 10.9. The molecule has 4 rings (SSSR count). The number of Topliss-reactive ketones (excluding diaryl/α,β-unsaturated/α-hetero) is 2. The lowest BCUT2D eigenvalue weighted by atomic mass is 9.96. The predicted molar refractivity (Wildman–Crippen MR) is 159 cm³/mol.